The maximum atomic E-state index is 13.8. The molecule has 0 spiro atoms. The SMILES string of the molecule is CCc1cc(C)c(Sc2ccc(C#N)cc2F)cc1F. The molecule has 20 heavy (non-hydrogen) atoms. The number of aryl methyl sites for hydroxylation is 2. The van der Waals surface area contributed by atoms with Crippen LogP contribution in [0.25, 0.3) is 0 Å². The van der Waals surface area contributed by atoms with E-state index in [1.807, 2.05) is 19.9 Å². The molecule has 0 fully saturated rings. The molecule has 2 rings (SSSR count). The summed E-state index contributed by atoms with van der Waals surface area (Å²) in [6.45, 7) is 3.77. The minimum absolute atomic E-state index is 0.269. The Morgan fingerprint density at radius 2 is 1.85 bits per heavy atom. The van der Waals surface area contributed by atoms with Crippen molar-refractivity contribution in [3.63, 3.8) is 0 Å². The van der Waals surface area contributed by atoms with E-state index < -0.39 is 5.82 Å². The predicted octanol–water partition coefficient (Wildman–Crippen LogP) is 4.86. The molecule has 0 aliphatic rings. The van der Waals surface area contributed by atoms with Gasteiger partial charge >= 0.3 is 0 Å². The lowest BCUT2D eigenvalue weighted by molar-refractivity contribution is 0.600. The first-order valence-corrected chi connectivity index (χ1v) is 7.03. The van der Waals surface area contributed by atoms with E-state index in [2.05, 4.69) is 0 Å². The zero-order chi connectivity index (χ0) is 14.7. The highest BCUT2D eigenvalue weighted by atomic mass is 32.2. The zero-order valence-corrected chi connectivity index (χ0v) is 12.0. The van der Waals surface area contributed by atoms with Gasteiger partial charge in [-0.3, -0.25) is 0 Å². The molecule has 0 radical (unpaired) electrons. The van der Waals surface area contributed by atoms with Crippen molar-refractivity contribution in [3.05, 3.63) is 58.7 Å². The topological polar surface area (TPSA) is 23.8 Å². The van der Waals surface area contributed by atoms with Gasteiger partial charge in [0.25, 0.3) is 0 Å². The van der Waals surface area contributed by atoms with Gasteiger partial charge in [0.05, 0.1) is 11.6 Å². The molecule has 0 atom stereocenters. The van der Waals surface area contributed by atoms with E-state index >= 15 is 0 Å². The lowest BCUT2D eigenvalue weighted by Crippen LogP contribution is -1.92. The van der Waals surface area contributed by atoms with Crippen LogP contribution in [0.3, 0.4) is 0 Å². The minimum Gasteiger partial charge on any atom is -0.207 e. The van der Waals surface area contributed by atoms with Crippen molar-refractivity contribution < 1.29 is 8.78 Å². The number of benzene rings is 2. The molecule has 0 saturated carbocycles. The highest BCUT2D eigenvalue weighted by Gasteiger charge is 2.10. The average Bonchev–Trinajstić information content (AvgIpc) is 2.44. The van der Waals surface area contributed by atoms with Gasteiger partial charge in [0.15, 0.2) is 0 Å². The van der Waals surface area contributed by atoms with Gasteiger partial charge in [-0.1, -0.05) is 24.8 Å². The second-order valence-electron chi connectivity index (χ2n) is 4.42. The van der Waals surface area contributed by atoms with Gasteiger partial charge in [0, 0.05) is 9.79 Å². The lowest BCUT2D eigenvalue weighted by atomic mass is 10.1. The van der Waals surface area contributed by atoms with Gasteiger partial charge < -0.3 is 0 Å². The molecular formula is C16H13F2NS. The standard InChI is InChI=1S/C16H13F2NS/c1-3-12-6-10(2)16(8-13(12)17)20-15-5-4-11(9-19)7-14(15)18/h4-8H,3H2,1-2H3. The van der Waals surface area contributed by atoms with E-state index in [0.29, 0.717) is 21.8 Å². The summed E-state index contributed by atoms with van der Waals surface area (Å²) in [6, 6.07) is 9.40. The largest absolute Gasteiger partial charge is 0.207 e. The molecule has 0 aromatic heterocycles. The van der Waals surface area contributed by atoms with Crippen LogP contribution in [-0.2, 0) is 6.42 Å². The predicted molar refractivity (Wildman–Crippen MR) is 75.8 cm³/mol. The number of nitrogens with zero attached hydrogens (tertiary/aromatic N) is 1. The Hall–Kier alpha value is -1.86. The Bertz CT molecular complexity index is 690. The summed E-state index contributed by atoms with van der Waals surface area (Å²) in [4.78, 5) is 1.07. The van der Waals surface area contributed by atoms with Crippen LogP contribution in [0.4, 0.5) is 8.78 Å². The Balaban J connectivity index is 2.35. The van der Waals surface area contributed by atoms with Crippen molar-refractivity contribution in [2.75, 3.05) is 0 Å². The van der Waals surface area contributed by atoms with Crippen LogP contribution in [-0.4, -0.2) is 0 Å². The first kappa shape index (κ1) is 14.5. The molecule has 0 aliphatic heterocycles. The summed E-state index contributed by atoms with van der Waals surface area (Å²) in [5, 5.41) is 8.71. The lowest BCUT2D eigenvalue weighted by Gasteiger charge is -2.09. The van der Waals surface area contributed by atoms with Crippen molar-refractivity contribution in [1.82, 2.24) is 0 Å². The normalized spacial score (nSPS) is 10.3. The molecule has 1 nitrogen and oxygen atoms in total. The minimum atomic E-state index is -0.464. The molecule has 102 valence electrons. The van der Waals surface area contributed by atoms with Crippen molar-refractivity contribution >= 4 is 11.8 Å². The van der Waals surface area contributed by atoms with Gasteiger partial charge in [-0.25, -0.2) is 8.78 Å². The zero-order valence-electron chi connectivity index (χ0n) is 11.2. The van der Waals surface area contributed by atoms with Crippen molar-refractivity contribution in [2.24, 2.45) is 0 Å². The van der Waals surface area contributed by atoms with Gasteiger partial charge in [-0.2, -0.15) is 5.26 Å². The number of hydrogen-bond acceptors (Lipinski definition) is 2. The quantitative estimate of drug-likeness (QED) is 0.805. The third-order valence-corrected chi connectivity index (χ3v) is 4.22. The van der Waals surface area contributed by atoms with Crippen LogP contribution >= 0.6 is 11.8 Å². The van der Waals surface area contributed by atoms with E-state index in [-0.39, 0.29) is 11.4 Å². The van der Waals surface area contributed by atoms with E-state index in [0.717, 1.165) is 5.56 Å². The van der Waals surface area contributed by atoms with Gasteiger partial charge in [0.1, 0.15) is 11.6 Å². The Kier molecular flexibility index (Phi) is 4.41. The molecule has 0 heterocycles. The van der Waals surface area contributed by atoms with Crippen LogP contribution in [0.2, 0.25) is 0 Å². The van der Waals surface area contributed by atoms with Crippen LogP contribution in [0.1, 0.15) is 23.6 Å². The Labute approximate surface area is 121 Å². The summed E-state index contributed by atoms with van der Waals surface area (Å²) in [6.07, 6.45) is 0.628. The number of hydrogen-bond donors (Lipinski definition) is 0. The smallest absolute Gasteiger partial charge is 0.138 e. The highest BCUT2D eigenvalue weighted by molar-refractivity contribution is 7.99. The van der Waals surface area contributed by atoms with Crippen LogP contribution in [0, 0.1) is 29.9 Å². The second kappa shape index (κ2) is 6.06. The summed E-state index contributed by atoms with van der Waals surface area (Å²) in [7, 11) is 0. The summed E-state index contributed by atoms with van der Waals surface area (Å²) in [5.41, 5.74) is 1.85. The van der Waals surface area contributed by atoms with Crippen molar-refractivity contribution in [2.45, 2.75) is 30.1 Å². The number of nitriles is 1. The summed E-state index contributed by atoms with van der Waals surface area (Å²) >= 11 is 1.17. The first-order valence-electron chi connectivity index (χ1n) is 6.21. The number of rotatable bonds is 3. The average molecular weight is 289 g/mol. The Morgan fingerprint density at radius 3 is 2.45 bits per heavy atom. The van der Waals surface area contributed by atoms with Gasteiger partial charge in [-0.15, -0.1) is 0 Å². The third-order valence-electron chi connectivity index (χ3n) is 3.01. The van der Waals surface area contributed by atoms with Gasteiger partial charge in [0.2, 0.25) is 0 Å². The molecule has 0 amide bonds. The molecule has 0 N–H and O–H groups in total. The molecule has 2 aromatic carbocycles. The van der Waals surface area contributed by atoms with E-state index in [4.69, 9.17) is 5.26 Å². The van der Waals surface area contributed by atoms with Crippen molar-refractivity contribution in [3.8, 4) is 6.07 Å². The number of halogens is 2. The van der Waals surface area contributed by atoms with Crippen LogP contribution < -0.4 is 0 Å². The molecule has 4 heteroatoms. The van der Waals surface area contributed by atoms with Gasteiger partial charge in [-0.05, 0) is 48.7 Å². The fourth-order valence-electron chi connectivity index (χ4n) is 1.88. The fraction of sp³-hybridized carbons (Fsp3) is 0.188. The maximum Gasteiger partial charge on any atom is 0.138 e. The first-order chi connectivity index (χ1) is 9.55. The van der Waals surface area contributed by atoms with Crippen LogP contribution in [0.5, 0.6) is 0 Å². The fourth-order valence-corrected chi connectivity index (χ4v) is 2.79. The molecule has 2 aromatic rings. The monoisotopic (exact) mass is 289 g/mol. The van der Waals surface area contributed by atoms with Crippen molar-refractivity contribution in [1.29, 1.82) is 5.26 Å². The molecule has 0 bridgehead atoms. The molecular weight excluding hydrogens is 276 g/mol. The van der Waals surface area contributed by atoms with Crippen LogP contribution in [0.15, 0.2) is 40.1 Å². The maximum absolute atomic E-state index is 13.8. The summed E-state index contributed by atoms with van der Waals surface area (Å²) in [5.74, 6) is -0.733. The highest BCUT2D eigenvalue weighted by Crippen LogP contribution is 2.33. The van der Waals surface area contributed by atoms with E-state index in [1.54, 1.807) is 18.2 Å². The molecule has 0 saturated heterocycles. The summed E-state index contributed by atoms with van der Waals surface area (Å²) < 4.78 is 27.6. The molecule has 0 unspecified atom stereocenters. The molecule has 0 aliphatic carbocycles. The second-order valence-corrected chi connectivity index (χ2v) is 5.51. The Morgan fingerprint density at radius 1 is 1.10 bits per heavy atom. The van der Waals surface area contributed by atoms with E-state index in [1.165, 1.54) is 23.9 Å². The van der Waals surface area contributed by atoms with E-state index in [9.17, 15) is 8.78 Å². The third kappa shape index (κ3) is 3.00.